The Morgan fingerprint density at radius 2 is 2.08 bits per heavy atom. The molecule has 2 aromatic heterocycles. The highest BCUT2D eigenvalue weighted by Crippen LogP contribution is 2.43. The minimum Gasteiger partial charge on any atom is -0.423 e. The van der Waals surface area contributed by atoms with Crippen LogP contribution in [0.1, 0.15) is 50.5 Å². The van der Waals surface area contributed by atoms with Gasteiger partial charge < -0.3 is 19.6 Å². The van der Waals surface area contributed by atoms with E-state index in [0.717, 1.165) is 47.7 Å². The van der Waals surface area contributed by atoms with E-state index in [9.17, 15) is 9.82 Å². The molecular weight excluding hydrogens is 329 g/mol. The lowest BCUT2D eigenvalue weighted by atomic mass is 9.76. The fraction of sp³-hybridized carbons (Fsp3) is 0.579. The number of amides is 1. The number of aromatic nitrogens is 2. The molecule has 2 aromatic rings. The molecule has 1 spiro atoms. The lowest BCUT2D eigenvalue weighted by molar-refractivity contribution is -0.140. The van der Waals surface area contributed by atoms with Gasteiger partial charge in [0.05, 0.1) is 5.60 Å². The standard InChI is InChI=1S/C19H24BN3O3/c24-18(13-4-2-1-3-5-13)23-10-7-19(8-11-23)16-14-6-9-21-17(14)22-12-15(16)20(25)26-19/h6,9,12-13,25H,1-5,7-8,10-11H2,(H,21,22). The van der Waals surface area contributed by atoms with Gasteiger partial charge in [-0.2, -0.15) is 0 Å². The Hall–Kier alpha value is -1.86. The molecule has 0 radical (unpaired) electrons. The Kier molecular flexibility index (Phi) is 3.83. The van der Waals surface area contributed by atoms with Crippen LogP contribution in [0.2, 0.25) is 0 Å². The maximum atomic E-state index is 12.9. The molecule has 3 aliphatic rings. The monoisotopic (exact) mass is 353 g/mol. The molecule has 2 aliphatic heterocycles. The third kappa shape index (κ3) is 2.41. The zero-order valence-electron chi connectivity index (χ0n) is 14.9. The molecule has 2 N–H and O–H groups in total. The zero-order valence-corrected chi connectivity index (χ0v) is 14.9. The van der Waals surface area contributed by atoms with E-state index < -0.39 is 12.7 Å². The second-order valence-corrected chi connectivity index (χ2v) is 7.95. The largest absolute Gasteiger partial charge is 0.493 e. The van der Waals surface area contributed by atoms with Crippen LogP contribution in [0, 0.1) is 5.92 Å². The predicted molar refractivity (Wildman–Crippen MR) is 98.9 cm³/mol. The number of H-pyrrole nitrogens is 1. The van der Waals surface area contributed by atoms with Crippen LogP contribution >= 0.6 is 0 Å². The second kappa shape index (κ2) is 6.10. The minimum atomic E-state index is -0.933. The SMILES string of the molecule is O=C(C1CCCCC1)N1CCC2(CC1)OB(O)c1cnc3[nH]ccc3c12. The van der Waals surface area contributed by atoms with Gasteiger partial charge in [0.15, 0.2) is 0 Å². The Bertz CT molecular complexity index is 838. The van der Waals surface area contributed by atoms with Gasteiger partial charge in [0.1, 0.15) is 5.65 Å². The molecule has 4 heterocycles. The lowest BCUT2D eigenvalue weighted by Gasteiger charge is -2.41. The number of fused-ring (bicyclic) bond motifs is 4. The molecular formula is C19H24BN3O3. The van der Waals surface area contributed by atoms with Crippen molar-refractivity contribution in [1.82, 2.24) is 14.9 Å². The summed E-state index contributed by atoms with van der Waals surface area (Å²) in [6, 6.07) is 2.00. The van der Waals surface area contributed by atoms with Gasteiger partial charge in [-0.1, -0.05) is 19.3 Å². The van der Waals surface area contributed by atoms with Crippen LogP contribution in [-0.4, -0.2) is 46.0 Å². The van der Waals surface area contributed by atoms with Gasteiger partial charge in [-0.25, -0.2) is 4.98 Å². The number of carbonyl (C=O) groups is 1. The zero-order chi connectivity index (χ0) is 17.7. The third-order valence-electron chi connectivity index (χ3n) is 6.51. The fourth-order valence-electron chi connectivity index (χ4n) is 5.12. The average molecular weight is 353 g/mol. The van der Waals surface area contributed by atoms with Crippen molar-refractivity contribution in [3.63, 3.8) is 0 Å². The molecule has 26 heavy (non-hydrogen) atoms. The van der Waals surface area contributed by atoms with Crippen molar-refractivity contribution in [2.24, 2.45) is 5.92 Å². The van der Waals surface area contributed by atoms with Crippen molar-refractivity contribution < 1.29 is 14.5 Å². The normalized spacial score (nSPS) is 23.0. The quantitative estimate of drug-likeness (QED) is 0.765. The number of hydrogen-bond acceptors (Lipinski definition) is 4. The van der Waals surface area contributed by atoms with Gasteiger partial charge in [-0.3, -0.25) is 4.79 Å². The Morgan fingerprint density at radius 1 is 1.31 bits per heavy atom. The summed E-state index contributed by atoms with van der Waals surface area (Å²) in [5.74, 6) is 0.528. The number of nitrogens with one attached hydrogen (secondary N) is 1. The van der Waals surface area contributed by atoms with E-state index >= 15 is 0 Å². The molecule has 1 aliphatic carbocycles. The third-order valence-corrected chi connectivity index (χ3v) is 6.51. The Labute approximate surface area is 153 Å². The van der Waals surface area contributed by atoms with Crippen molar-refractivity contribution in [1.29, 1.82) is 0 Å². The van der Waals surface area contributed by atoms with Crippen LogP contribution in [0.3, 0.4) is 0 Å². The molecule has 1 saturated carbocycles. The van der Waals surface area contributed by atoms with Gasteiger partial charge in [0.2, 0.25) is 5.91 Å². The van der Waals surface area contributed by atoms with Crippen molar-refractivity contribution in [2.45, 2.75) is 50.5 Å². The number of pyridine rings is 1. The van der Waals surface area contributed by atoms with Crippen LogP contribution in [0.4, 0.5) is 0 Å². The van der Waals surface area contributed by atoms with E-state index in [1.807, 2.05) is 17.2 Å². The van der Waals surface area contributed by atoms with Gasteiger partial charge in [-0.15, -0.1) is 0 Å². The Morgan fingerprint density at radius 3 is 2.85 bits per heavy atom. The van der Waals surface area contributed by atoms with Crippen LogP contribution in [0.15, 0.2) is 18.5 Å². The highest BCUT2D eigenvalue weighted by atomic mass is 16.5. The number of likely N-dealkylation sites (tertiary alicyclic amines) is 1. The van der Waals surface area contributed by atoms with Crippen molar-refractivity contribution in [3.05, 3.63) is 24.0 Å². The van der Waals surface area contributed by atoms with E-state index in [2.05, 4.69) is 9.97 Å². The molecule has 0 bridgehead atoms. The van der Waals surface area contributed by atoms with Crippen molar-refractivity contribution in [3.8, 4) is 0 Å². The van der Waals surface area contributed by atoms with Crippen LogP contribution in [0.5, 0.6) is 0 Å². The Balaban J connectivity index is 1.40. The summed E-state index contributed by atoms with van der Waals surface area (Å²) in [5.41, 5.74) is 2.13. The molecule has 0 aromatic carbocycles. The molecule has 0 unspecified atom stereocenters. The molecule has 6 nitrogen and oxygen atoms in total. The van der Waals surface area contributed by atoms with Gasteiger partial charge >= 0.3 is 7.12 Å². The number of hydrogen-bond donors (Lipinski definition) is 2. The van der Waals surface area contributed by atoms with Gasteiger partial charge in [0, 0.05) is 42.3 Å². The molecule has 2 fully saturated rings. The van der Waals surface area contributed by atoms with Crippen LogP contribution in [0.25, 0.3) is 11.0 Å². The summed E-state index contributed by atoms with van der Waals surface area (Å²) < 4.78 is 6.07. The first kappa shape index (κ1) is 16.3. The summed E-state index contributed by atoms with van der Waals surface area (Å²) in [7, 11) is -0.933. The van der Waals surface area contributed by atoms with Crippen LogP contribution in [-0.2, 0) is 15.0 Å². The first-order chi connectivity index (χ1) is 12.7. The van der Waals surface area contributed by atoms with E-state index in [-0.39, 0.29) is 5.92 Å². The summed E-state index contributed by atoms with van der Waals surface area (Å²) >= 11 is 0. The number of rotatable bonds is 1. The second-order valence-electron chi connectivity index (χ2n) is 7.95. The summed E-state index contributed by atoms with van der Waals surface area (Å²) in [6.45, 7) is 1.38. The molecule has 7 heteroatoms. The van der Waals surface area contributed by atoms with E-state index in [1.54, 1.807) is 6.20 Å². The first-order valence-electron chi connectivity index (χ1n) is 9.79. The summed E-state index contributed by atoms with van der Waals surface area (Å²) in [5, 5.41) is 11.4. The topological polar surface area (TPSA) is 78.5 Å². The number of aromatic amines is 1. The maximum absolute atomic E-state index is 12.9. The molecule has 136 valence electrons. The number of piperidine rings is 1. The lowest BCUT2D eigenvalue weighted by Crippen LogP contribution is -2.48. The van der Waals surface area contributed by atoms with Gasteiger partial charge in [0.25, 0.3) is 0 Å². The predicted octanol–water partition coefficient (Wildman–Crippen LogP) is 1.68. The smallest absolute Gasteiger partial charge is 0.423 e. The molecule has 5 rings (SSSR count). The summed E-state index contributed by atoms with van der Waals surface area (Å²) in [6.07, 6.45) is 10.7. The summed E-state index contributed by atoms with van der Waals surface area (Å²) in [4.78, 5) is 22.4. The van der Waals surface area contributed by atoms with E-state index in [1.165, 1.54) is 19.3 Å². The highest BCUT2D eigenvalue weighted by Gasteiger charge is 2.50. The van der Waals surface area contributed by atoms with Crippen LogP contribution < -0.4 is 5.46 Å². The molecule has 1 amide bonds. The number of carbonyl (C=O) groups excluding carboxylic acids is 1. The first-order valence-corrected chi connectivity index (χ1v) is 9.79. The minimum absolute atomic E-state index is 0.209. The van der Waals surface area contributed by atoms with Crippen molar-refractivity contribution in [2.75, 3.05) is 13.1 Å². The average Bonchev–Trinajstić information content (AvgIpc) is 3.25. The van der Waals surface area contributed by atoms with E-state index in [0.29, 0.717) is 19.0 Å². The molecule has 1 saturated heterocycles. The van der Waals surface area contributed by atoms with E-state index in [4.69, 9.17) is 4.65 Å². The highest BCUT2D eigenvalue weighted by molar-refractivity contribution is 6.62. The number of nitrogens with zero attached hydrogens (tertiary/aromatic N) is 2. The molecule has 0 atom stereocenters. The van der Waals surface area contributed by atoms with Crippen molar-refractivity contribution >= 4 is 29.5 Å². The maximum Gasteiger partial charge on any atom is 0.493 e. The fourth-order valence-corrected chi connectivity index (χ4v) is 5.12. The van der Waals surface area contributed by atoms with Gasteiger partial charge in [-0.05, 0) is 37.3 Å².